The Morgan fingerprint density at radius 1 is 0.800 bits per heavy atom. The van der Waals surface area contributed by atoms with Crippen molar-refractivity contribution in [1.82, 2.24) is 4.57 Å². The molecule has 1 heterocycles. The maximum atomic E-state index is 5.62. The topological polar surface area (TPSA) is 14.2 Å². The molecule has 0 aliphatic carbocycles. The van der Waals surface area contributed by atoms with Gasteiger partial charge in [0.05, 0.1) is 0 Å². The van der Waals surface area contributed by atoms with Crippen LogP contribution in [0.15, 0.2) is 91.0 Å². The van der Waals surface area contributed by atoms with Crippen LogP contribution in [-0.4, -0.2) is 26.3 Å². The summed E-state index contributed by atoms with van der Waals surface area (Å²) in [4.78, 5) is 0. The average molecular weight is 478 g/mol. The monoisotopic (exact) mass is 479 g/mol. The van der Waals surface area contributed by atoms with Crippen molar-refractivity contribution in [3.63, 3.8) is 0 Å². The molecule has 0 unspecified atom stereocenters. The van der Waals surface area contributed by atoms with Gasteiger partial charge in [-0.05, 0) is 0 Å². The zero-order valence-corrected chi connectivity index (χ0v) is 20.2. The molecule has 0 saturated carbocycles. The van der Waals surface area contributed by atoms with Crippen LogP contribution >= 0.6 is 5.51 Å². The minimum atomic E-state index is -1.88. The summed E-state index contributed by atoms with van der Waals surface area (Å²) in [5, 5.41) is 4.08. The second-order valence-corrected chi connectivity index (χ2v) is 13.5. The second-order valence-electron chi connectivity index (χ2n) is 7.30. The molecule has 0 spiro atoms. The molecule has 4 aromatic rings. The first-order chi connectivity index (χ1) is 14.6. The Bertz CT molecular complexity index is 1140. The van der Waals surface area contributed by atoms with Gasteiger partial charge in [0.25, 0.3) is 0 Å². The molecule has 3 aromatic carbocycles. The van der Waals surface area contributed by atoms with Crippen LogP contribution in [-0.2, 0) is 0 Å². The van der Waals surface area contributed by atoms with Crippen molar-refractivity contribution >= 4 is 36.5 Å². The Morgan fingerprint density at radius 3 is 1.83 bits per heavy atom. The van der Waals surface area contributed by atoms with E-state index in [1.807, 2.05) is 19.1 Å². The Hall–Kier alpha value is -2.31. The predicted octanol–water partition coefficient (Wildman–Crippen LogP) is 4.87. The van der Waals surface area contributed by atoms with Gasteiger partial charge in [0.15, 0.2) is 0 Å². The van der Waals surface area contributed by atoms with E-state index in [0.29, 0.717) is 6.61 Å². The van der Waals surface area contributed by atoms with Gasteiger partial charge in [-0.3, -0.25) is 0 Å². The average Bonchev–Trinajstić information content (AvgIpc) is 3.09. The van der Waals surface area contributed by atoms with Crippen molar-refractivity contribution in [3.05, 3.63) is 102 Å². The molecule has 0 amide bonds. The molecule has 2 nitrogen and oxygen atoms in total. The van der Waals surface area contributed by atoms with Crippen LogP contribution in [0.5, 0.6) is 5.75 Å². The zero-order chi connectivity index (χ0) is 21.1. The number of benzene rings is 3. The standard InChI is InChI=1S/C26H26NOPSe/c1-4-28-23-17-15-22(16-18-23)27-20(2)19-26(21(27)3)29(30,24-11-7-5-8-12-24)25-13-9-6-10-14-25/h5-19H,4H2,1-3H3. The molecule has 0 fully saturated rings. The number of rotatable bonds is 6. The van der Waals surface area contributed by atoms with Gasteiger partial charge in [-0.15, -0.1) is 0 Å². The van der Waals surface area contributed by atoms with Crippen molar-refractivity contribution < 1.29 is 4.74 Å². The Balaban J connectivity index is 1.90. The van der Waals surface area contributed by atoms with Crippen LogP contribution < -0.4 is 20.7 Å². The van der Waals surface area contributed by atoms with E-state index in [2.05, 4.69) is 112 Å². The molecule has 0 N–H and O–H groups in total. The van der Waals surface area contributed by atoms with E-state index in [1.165, 1.54) is 27.3 Å². The minimum absolute atomic E-state index is 0.678. The quantitative estimate of drug-likeness (QED) is 0.285. The van der Waals surface area contributed by atoms with Crippen LogP contribution in [0.2, 0.25) is 0 Å². The van der Waals surface area contributed by atoms with E-state index in [1.54, 1.807) is 0 Å². The number of hydrogen-bond donors (Lipinski definition) is 0. The molecule has 0 atom stereocenters. The van der Waals surface area contributed by atoms with Crippen LogP contribution in [0.3, 0.4) is 0 Å². The van der Waals surface area contributed by atoms with Crippen molar-refractivity contribution in [1.29, 1.82) is 0 Å². The summed E-state index contributed by atoms with van der Waals surface area (Å²) in [5.74, 6) is 0.906. The Morgan fingerprint density at radius 2 is 1.33 bits per heavy atom. The van der Waals surface area contributed by atoms with Crippen LogP contribution in [0.25, 0.3) is 5.69 Å². The summed E-state index contributed by atoms with van der Waals surface area (Å²) < 4.78 is 7.97. The molecule has 0 bridgehead atoms. The fourth-order valence-electron chi connectivity index (χ4n) is 4.02. The first kappa shape index (κ1) is 20.9. The van der Waals surface area contributed by atoms with Gasteiger partial charge in [0.1, 0.15) is 0 Å². The third-order valence-corrected chi connectivity index (χ3v) is 12.5. The van der Waals surface area contributed by atoms with Gasteiger partial charge in [-0.2, -0.15) is 0 Å². The SMILES string of the molecule is CCOc1ccc(-n2c(C)cc(P(=[Se])(c3ccccc3)c3ccccc3)c2C)cc1. The predicted molar refractivity (Wildman–Crippen MR) is 131 cm³/mol. The van der Waals surface area contributed by atoms with E-state index < -0.39 is 5.51 Å². The summed E-state index contributed by atoms with van der Waals surface area (Å²) in [5.41, 5.74) is 1.79. The molecule has 0 saturated heterocycles. The number of aryl methyl sites for hydroxylation is 1. The molecule has 152 valence electrons. The fourth-order valence-corrected chi connectivity index (χ4v) is 9.68. The van der Waals surface area contributed by atoms with Crippen LogP contribution in [0.1, 0.15) is 18.3 Å². The van der Waals surface area contributed by atoms with E-state index in [9.17, 15) is 0 Å². The molecule has 0 aliphatic rings. The second kappa shape index (κ2) is 8.82. The summed E-state index contributed by atoms with van der Waals surface area (Å²) >= 11 is 3.68. The van der Waals surface area contributed by atoms with Crippen LogP contribution in [0.4, 0.5) is 0 Å². The number of hydrogen-bond acceptors (Lipinski definition) is 1. The third-order valence-electron chi connectivity index (χ3n) is 5.39. The molecule has 4 rings (SSSR count). The third kappa shape index (κ3) is 3.74. The van der Waals surface area contributed by atoms with Crippen molar-refractivity contribution in [3.8, 4) is 11.4 Å². The normalized spacial score (nSPS) is 11.4. The van der Waals surface area contributed by atoms with Gasteiger partial charge in [-0.1, -0.05) is 0 Å². The summed E-state index contributed by atoms with van der Waals surface area (Å²) in [6.07, 6.45) is 0. The first-order valence-electron chi connectivity index (χ1n) is 10.2. The first-order valence-corrected chi connectivity index (χ1v) is 14.2. The molecule has 4 heteroatoms. The Kier molecular flexibility index (Phi) is 6.16. The van der Waals surface area contributed by atoms with Gasteiger partial charge in [0, 0.05) is 0 Å². The van der Waals surface area contributed by atoms with Gasteiger partial charge < -0.3 is 0 Å². The molecule has 30 heavy (non-hydrogen) atoms. The van der Waals surface area contributed by atoms with E-state index in [0.717, 1.165) is 11.4 Å². The van der Waals surface area contributed by atoms with Gasteiger partial charge in [0.2, 0.25) is 0 Å². The summed E-state index contributed by atoms with van der Waals surface area (Å²) in [6.45, 7) is 7.11. The summed E-state index contributed by atoms with van der Waals surface area (Å²) in [6, 6.07) is 32.4. The van der Waals surface area contributed by atoms with E-state index in [4.69, 9.17) is 4.74 Å². The van der Waals surface area contributed by atoms with Crippen LogP contribution in [0, 0.1) is 13.8 Å². The van der Waals surface area contributed by atoms with Crippen molar-refractivity contribution in [2.75, 3.05) is 6.61 Å². The maximum absolute atomic E-state index is 5.62. The number of aromatic nitrogens is 1. The summed E-state index contributed by atoms with van der Waals surface area (Å²) in [7, 11) is 0. The molecular formula is C26H26NOPSe. The molecule has 1 aromatic heterocycles. The van der Waals surface area contributed by atoms with Crippen molar-refractivity contribution in [2.24, 2.45) is 0 Å². The molecule has 0 aliphatic heterocycles. The Labute approximate surface area is 186 Å². The van der Waals surface area contributed by atoms with Crippen molar-refractivity contribution in [2.45, 2.75) is 20.8 Å². The molecular weight excluding hydrogens is 452 g/mol. The fraction of sp³-hybridized carbons (Fsp3) is 0.154. The number of nitrogens with zero attached hydrogens (tertiary/aromatic N) is 1. The number of ether oxygens (including phenoxy) is 1. The van der Waals surface area contributed by atoms with E-state index in [-0.39, 0.29) is 0 Å². The van der Waals surface area contributed by atoms with Gasteiger partial charge in [-0.25, -0.2) is 0 Å². The molecule has 0 radical (unpaired) electrons. The van der Waals surface area contributed by atoms with Gasteiger partial charge >= 0.3 is 187 Å². The van der Waals surface area contributed by atoms with E-state index >= 15 is 0 Å². The zero-order valence-electron chi connectivity index (χ0n) is 17.6.